The van der Waals surface area contributed by atoms with Crippen LogP contribution >= 0.6 is 0 Å². The molecule has 8 heteroatoms. The molecule has 0 bridgehead atoms. The first kappa shape index (κ1) is 15.4. The Morgan fingerprint density at radius 3 is 2.68 bits per heavy atom. The number of carbonyl (C=O) groups is 1. The number of rotatable bonds is 3. The Morgan fingerprint density at radius 2 is 1.88 bits per heavy atom. The van der Waals surface area contributed by atoms with Crippen molar-refractivity contribution in [1.29, 1.82) is 0 Å². The molecule has 0 radical (unpaired) electrons. The summed E-state index contributed by atoms with van der Waals surface area (Å²) in [5, 5.41) is 0. The molecule has 1 aromatic carbocycles. The van der Waals surface area contributed by atoms with Crippen LogP contribution in [0.25, 0.3) is 11.0 Å². The van der Waals surface area contributed by atoms with Crippen LogP contribution in [0.3, 0.4) is 0 Å². The molecule has 3 aromatic rings. The first-order valence-electron chi connectivity index (χ1n) is 7.84. The second-order valence-corrected chi connectivity index (χ2v) is 5.71. The van der Waals surface area contributed by atoms with Crippen molar-refractivity contribution in [2.45, 2.75) is 12.5 Å². The number of halogens is 1. The van der Waals surface area contributed by atoms with E-state index in [9.17, 15) is 9.18 Å². The zero-order chi connectivity index (χ0) is 17.2. The van der Waals surface area contributed by atoms with Crippen LogP contribution in [0.2, 0.25) is 0 Å². The van der Waals surface area contributed by atoms with Crippen molar-refractivity contribution < 1.29 is 13.9 Å². The van der Waals surface area contributed by atoms with Crippen LogP contribution in [0.1, 0.15) is 16.9 Å². The fourth-order valence-corrected chi connectivity index (χ4v) is 2.74. The molecular weight excluding hydrogens is 325 g/mol. The summed E-state index contributed by atoms with van der Waals surface area (Å²) < 4.78 is 18.4. The van der Waals surface area contributed by atoms with Gasteiger partial charge in [0.05, 0.1) is 36.2 Å². The van der Waals surface area contributed by atoms with Crippen molar-refractivity contribution in [1.82, 2.24) is 24.8 Å². The maximum Gasteiger partial charge on any atom is 0.316 e. The SMILES string of the molecule is O=C(c1cnc2ccccc2n1)N1CC[C@@H](Oc2ncc(F)cn2)C1. The third kappa shape index (κ3) is 3.23. The number of benzene rings is 1. The highest BCUT2D eigenvalue weighted by molar-refractivity contribution is 5.94. The maximum atomic E-state index is 12.8. The molecule has 2 aromatic heterocycles. The van der Waals surface area contributed by atoms with E-state index < -0.39 is 5.82 Å². The van der Waals surface area contributed by atoms with E-state index in [1.54, 1.807) is 4.90 Å². The molecule has 3 heterocycles. The van der Waals surface area contributed by atoms with E-state index >= 15 is 0 Å². The molecular formula is C17H14FN5O2. The van der Waals surface area contributed by atoms with Crippen LogP contribution in [0.4, 0.5) is 4.39 Å². The number of aromatic nitrogens is 4. The van der Waals surface area contributed by atoms with Crippen LogP contribution in [-0.4, -0.2) is 49.9 Å². The number of likely N-dealkylation sites (tertiary alicyclic amines) is 1. The number of amides is 1. The number of carbonyl (C=O) groups excluding carboxylic acids is 1. The van der Waals surface area contributed by atoms with Gasteiger partial charge in [-0.3, -0.25) is 9.78 Å². The van der Waals surface area contributed by atoms with Gasteiger partial charge in [0.25, 0.3) is 5.91 Å². The van der Waals surface area contributed by atoms with Crippen LogP contribution in [0.15, 0.2) is 42.9 Å². The standard InChI is InChI=1S/C17H14FN5O2/c18-11-7-20-17(21-8-11)25-12-5-6-23(10-12)16(24)15-9-19-13-3-1-2-4-14(13)22-15/h1-4,7-9,12H,5-6,10H2/t12-/m1/s1. The van der Waals surface area contributed by atoms with Gasteiger partial charge >= 0.3 is 6.01 Å². The molecule has 0 spiro atoms. The quantitative estimate of drug-likeness (QED) is 0.724. The van der Waals surface area contributed by atoms with Crippen LogP contribution in [-0.2, 0) is 0 Å². The Morgan fingerprint density at radius 1 is 1.12 bits per heavy atom. The normalized spacial score (nSPS) is 17.0. The highest BCUT2D eigenvalue weighted by Gasteiger charge is 2.29. The average Bonchev–Trinajstić information content (AvgIpc) is 3.11. The number of hydrogen-bond acceptors (Lipinski definition) is 6. The largest absolute Gasteiger partial charge is 0.458 e. The molecule has 7 nitrogen and oxygen atoms in total. The van der Waals surface area contributed by atoms with Gasteiger partial charge in [-0.1, -0.05) is 12.1 Å². The smallest absolute Gasteiger partial charge is 0.316 e. The minimum absolute atomic E-state index is 0.103. The zero-order valence-corrected chi connectivity index (χ0v) is 13.2. The summed E-state index contributed by atoms with van der Waals surface area (Å²) in [7, 11) is 0. The highest BCUT2D eigenvalue weighted by Crippen LogP contribution is 2.17. The lowest BCUT2D eigenvalue weighted by Crippen LogP contribution is -2.31. The lowest BCUT2D eigenvalue weighted by Gasteiger charge is -2.16. The van der Waals surface area contributed by atoms with Gasteiger partial charge in [-0.25, -0.2) is 19.3 Å². The van der Waals surface area contributed by atoms with E-state index in [0.717, 1.165) is 17.9 Å². The summed E-state index contributed by atoms with van der Waals surface area (Å²) in [5.74, 6) is -0.713. The number of fused-ring (bicyclic) bond motifs is 1. The van der Waals surface area contributed by atoms with Crippen molar-refractivity contribution in [3.63, 3.8) is 0 Å². The first-order valence-corrected chi connectivity index (χ1v) is 7.84. The molecule has 1 amide bonds. The van der Waals surface area contributed by atoms with Crippen molar-refractivity contribution >= 4 is 16.9 Å². The predicted molar refractivity (Wildman–Crippen MR) is 86.5 cm³/mol. The van der Waals surface area contributed by atoms with Crippen molar-refractivity contribution in [3.05, 3.63) is 54.4 Å². The molecule has 0 saturated carbocycles. The molecule has 25 heavy (non-hydrogen) atoms. The van der Waals surface area contributed by atoms with Gasteiger partial charge in [-0.05, 0) is 12.1 Å². The third-order valence-electron chi connectivity index (χ3n) is 3.97. The van der Waals surface area contributed by atoms with Crippen LogP contribution < -0.4 is 4.74 Å². The molecule has 1 saturated heterocycles. The van der Waals surface area contributed by atoms with E-state index in [1.165, 1.54) is 6.20 Å². The summed E-state index contributed by atoms with van der Waals surface area (Å²) in [6.07, 6.45) is 3.99. The second kappa shape index (κ2) is 6.39. The fourth-order valence-electron chi connectivity index (χ4n) is 2.74. The van der Waals surface area contributed by atoms with Crippen molar-refractivity contribution in [2.24, 2.45) is 0 Å². The Bertz CT molecular complexity index is 918. The molecule has 4 rings (SSSR count). The monoisotopic (exact) mass is 339 g/mol. The van der Waals surface area contributed by atoms with E-state index in [0.29, 0.717) is 30.7 Å². The van der Waals surface area contributed by atoms with Gasteiger partial charge in [-0.2, -0.15) is 0 Å². The van der Waals surface area contributed by atoms with E-state index in [4.69, 9.17) is 4.74 Å². The summed E-state index contributed by atoms with van der Waals surface area (Å²) in [5.41, 5.74) is 1.73. The van der Waals surface area contributed by atoms with Gasteiger partial charge in [0.1, 0.15) is 11.8 Å². The van der Waals surface area contributed by atoms with Gasteiger partial charge in [0.2, 0.25) is 0 Å². The topological polar surface area (TPSA) is 81.1 Å². The second-order valence-electron chi connectivity index (χ2n) is 5.71. The first-order chi connectivity index (χ1) is 12.2. The Balaban J connectivity index is 1.45. The molecule has 1 atom stereocenters. The van der Waals surface area contributed by atoms with Gasteiger partial charge in [0, 0.05) is 13.0 Å². The number of nitrogens with zero attached hydrogens (tertiary/aromatic N) is 5. The Hall–Kier alpha value is -3.16. The molecule has 1 aliphatic heterocycles. The fraction of sp³-hybridized carbons (Fsp3) is 0.235. The summed E-state index contributed by atoms with van der Waals surface area (Å²) >= 11 is 0. The minimum atomic E-state index is -0.523. The third-order valence-corrected chi connectivity index (χ3v) is 3.97. The molecule has 126 valence electrons. The van der Waals surface area contributed by atoms with Gasteiger partial charge in [0.15, 0.2) is 5.82 Å². The summed E-state index contributed by atoms with van der Waals surface area (Å²) in [4.78, 5) is 30.5. The number of hydrogen-bond donors (Lipinski definition) is 0. The van der Waals surface area contributed by atoms with E-state index in [-0.39, 0.29) is 18.0 Å². The molecule has 1 fully saturated rings. The molecule has 0 aliphatic carbocycles. The number of ether oxygens (including phenoxy) is 1. The molecule has 1 aliphatic rings. The minimum Gasteiger partial charge on any atom is -0.458 e. The maximum absolute atomic E-state index is 12.8. The highest BCUT2D eigenvalue weighted by atomic mass is 19.1. The van der Waals surface area contributed by atoms with E-state index in [2.05, 4.69) is 19.9 Å². The van der Waals surface area contributed by atoms with Crippen molar-refractivity contribution in [3.8, 4) is 6.01 Å². The lowest BCUT2D eigenvalue weighted by atomic mass is 10.3. The van der Waals surface area contributed by atoms with Crippen molar-refractivity contribution in [2.75, 3.05) is 13.1 Å². The predicted octanol–water partition coefficient (Wildman–Crippen LogP) is 1.85. The van der Waals surface area contributed by atoms with Gasteiger partial charge < -0.3 is 9.64 Å². The lowest BCUT2D eigenvalue weighted by molar-refractivity contribution is 0.0764. The Labute approximate surface area is 142 Å². The molecule has 0 unspecified atom stereocenters. The van der Waals surface area contributed by atoms with E-state index in [1.807, 2.05) is 24.3 Å². The average molecular weight is 339 g/mol. The van der Waals surface area contributed by atoms with Crippen LogP contribution in [0.5, 0.6) is 6.01 Å². The van der Waals surface area contributed by atoms with Crippen LogP contribution in [0, 0.1) is 5.82 Å². The Kier molecular flexibility index (Phi) is 3.93. The molecule has 0 N–H and O–H groups in total. The number of para-hydroxylation sites is 2. The summed E-state index contributed by atoms with van der Waals surface area (Å²) in [6.45, 7) is 0.938. The zero-order valence-electron chi connectivity index (χ0n) is 13.2. The van der Waals surface area contributed by atoms with Gasteiger partial charge in [-0.15, -0.1) is 0 Å². The summed E-state index contributed by atoms with van der Waals surface area (Å²) in [6, 6.07) is 7.50.